The van der Waals surface area contributed by atoms with Crippen molar-refractivity contribution in [3.05, 3.63) is 66.2 Å². The number of nitrogens with zero attached hydrogens (tertiary/aromatic N) is 4. The van der Waals surface area contributed by atoms with Crippen LogP contribution in [-0.4, -0.2) is 38.7 Å². The van der Waals surface area contributed by atoms with E-state index < -0.39 is 11.7 Å². The summed E-state index contributed by atoms with van der Waals surface area (Å²) in [6.07, 6.45) is 5.22. The van der Waals surface area contributed by atoms with Crippen molar-refractivity contribution in [3.8, 4) is 11.3 Å². The Bertz CT molecular complexity index is 1280. The van der Waals surface area contributed by atoms with Gasteiger partial charge in [0.15, 0.2) is 0 Å². The summed E-state index contributed by atoms with van der Waals surface area (Å²) in [5.74, 6) is -0.315. The van der Waals surface area contributed by atoms with Gasteiger partial charge in [-0.3, -0.25) is 9.48 Å². The second-order valence-electron chi connectivity index (χ2n) is 7.75. The summed E-state index contributed by atoms with van der Waals surface area (Å²) in [5.41, 5.74) is 7.87. The number of hydrogen-bond donors (Lipinski definition) is 3. The highest BCUT2D eigenvalue weighted by molar-refractivity contribution is 6.05. The van der Waals surface area contributed by atoms with Gasteiger partial charge in [-0.25, -0.2) is 14.4 Å². The van der Waals surface area contributed by atoms with Gasteiger partial charge in [0.05, 0.1) is 16.9 Å². The summed E-state index contributed by atoms with van der Waals surface area (Å²) in [5, 5.41) is 11.4. The van der Waals surface area contributed by atoms with E-state index in [1.165, 1.54) is 6.07 Å². The number of hydrogen-bond acceptors (Lipinski definition) is 6. The minimum absolute atomic E-state index is 0.147. The summed E-state index contributed by atoms with van der Waals surface area (Å²) in [4.78, 5) is 20.8. The Labute approximate surface area is 183 Å². The van der Waals surface area contributed by atoms with Crippen molar-refractivity contribution >= 4 is 28.4 Å². The molecule has 4 aromatic rings. The number of aromatic nitrogens is 4. The molecule has 32 heavy (non-hydrogen) atoms. The minimum Gasteiger partial charge on any atom is -0.383 e. The lowest BCUT2D eigenvalue weighted by atomic mass is 10.0. The quantitative estimate of drug-likeness (QED) is 0.457. The number of nitrogens with two attached hydrogens (primary N) is 1. The van der Waals surface area contributed by atoms with Crippen LogP contribution in [0, 0.1) is 5.82 Å². The predicted molar refractivity (Wildman–Crippen MR) is 121 cm³/mol. The molecule has 1 aliphatic heterocycles. The first-order valence-electron chi connectivity index (χ1n) is 10.5. The van der Waals surface area contributed by atoms with Gasteiger partial charge in [0.1, 0.15) is 23.1 Å². The van der Waals surface area contributed by atoms with E-state index in [1.807, 2.05) is 10.7 Å². The second kappa shape index (κ2) is 8.35. The number of benzene rings is 1. The highest BCUT2D eigenvalue weighted by atomic mass is 19.1. The third-order valence-electron chi connectivity index (χ3n) is 5.66. The third kappa shape index (κ3) is 3.67. The van der Waals surface area contributed by atoms with Gasteiger partial charge in [-0.2, -0.15) is 5.10 Å². The maximum atomic E-state index is 15.2. The van der Waals surface area contributed by atoms with E-state index in [4.69, 9.17) is 10.8 Å². The molecule has 162 valence electrons. The average Bonchev–Trinajstić information content (AvgIpc) is 3.21. The molecule has 8 nitrogen and oxygen atoms in total. The van der Waals surface area contributed by atoms with Crippen molar-refractivity contribution < 1.29 is 9.18 Å². The molecule has 1 amide bonds. The first-order chi connectivity index (χ1) is 15.6. The Balaban J connectivity index is 1.53. The number of carbonyl (C=O) groups is 1. The van der Waals surface area contributed by atoms with Gasteiger partial charge >= 0.3 is 0 Å². The number of pyridine rings is 2. The fourth-order valence-electron chi connectivity index (χ4n) is 4.10. The van der Waals surface area contributed by atoms with Crippen LogP contribution in [0.3, 0.4) is 0 Å². The SMILES string of the molecule is Nc1nccc2c1c(-c1ccc(C(=O)Nc3ccccn3)cc1F)nn2C1CCCNC1. The molecule has 0 bridgehead atoms. The van der Waals surface area contributed by atoms with Crippen LogP contribution < -0.4 is 16.4 Å². The Hall–Kier alpha value is -3.85. The van der Waals surface area contributed by atoms with E-state index in [2.05, 4.69) is 20.6 Å². The predicted octanol–water partition coefficient (Wildman–Crippen LogP) is 3.39. The minimum atomic E-state index is -0.560. The molecule has 4 heterocycles. The molecule has 1 unspecified atom stereocenters. The molecule has 1 fully saturated rings. The zero-order valence-corrected chi connectivity index (χ0v) is 17.3. The van der Waals surface area contributed by atoms with Crippen molar-refractivity contribution in [1.29, 1.82) is 0 Å². The van der Waals surface area contributed by atoms with E-state index in [9.17, 15) is 4.79 Å². The maximum Gasteiger partial charge on any atom is 0.256 e. The van der Waals surface area contributed by atoms with Crippen molar-refractivity contribution in [2.75, 3.05) is 24.1 Å². The van der Waals surface area contributed by atoms with Crippen molar-refractivity contribution in [3.63, 3.8) is 0 Å². The van der Waals surface area contributed by atoms with Gasteiger partial charge in [0.25, 0.3) is 5.91 Å². The Kier molecular flexibility index (Phi) is 5.24. The van der Waals surface area contributed by atoms with E-state index in [0.29, 0.717) is 22.7 Å². The van der Waals surface area contributed by atoms with Crippen LogP contribution in [0.15, 0.2) is 54.9 Å². The Morgan fingerprint density at radius 3 is 2.84 bits per heavy atom. The topological polar surface area (TPSA) is 111 Å². The smallest absolute Gasteiger partial charge is 0.256 e. The molecule has 1 aliphatic rings. The van der Waals surface area contributed by atoms with Gasteiger partial charge in [-0.15, -0.1) is 0 Å². The first-order valence-corrected chi connectivity index (χ1v) is 10.5. The molecule has 9 heteroatoms. The van der Waals surface area contributed by atoms with Crippen LogP contribution in [0.2, 0.25) is 0 Å². The van der Waals surface area contributed by atoms with E-state index in [-0.39, 0.29) is 17.2 Å². The Morgan fingerprint density at radius 1 is 1.19 bits per heavy atom. The normalized spacial score (nSPS) is 16.2. The molecule has 3 aromatic heterocycles. The van der Waals surface area contributed by atoms with E-state index in [1.54, 1.807) is 42.7 Å². The number of nitrogens with one attached hydrogen (secondary N) is 2. The summed E-state index contributed by atoms with van der Waals surface area (Å²) in [6, 6.07) is 11.5. The molecule has 1 atom stereocenters. The number of halogens is 1. The summed E-state index contributed by atoms with van der Waals surface area (Å²) < 4.78 is 17.1. The monoisotopic (exact) mass is 431 g/mol. The first kappa shape index (κ1) is 20.1. The molecule has 1 aromatic carbocycles. The second-order valence-corrected chi connectivity index (χ2v) is 7.75. The molecular weight excluding hydrogens is 409 g/mol. The third-order valence-corrected chi connectivity index (χ3v) is 5.66. The van der Waals surface area contributed by atoms with Crippen LogP contribution in [0.5, 0.6) is 0 Å². The molecule has 4 N–H and O–H groups in total. The maximum absolute atomic E-state index is 15.2. The molecule has 0 spiro atoms. The summed E-state index contributed by atoms with van der Waals surface area (Å²) in [6.45, 7) is 1.76. The average molecular weight is 431 g/mol. The molecule has 5 rings (SSSR count). The fraction of sp³-hybridized carbons (Fsp3) is 0.217. The zero-order chi connectivity index (χ0) is 22.1. The van der Waals surface area contributed by atoms with Crippen LogP contribution >= 0.6 is 0 Å². The molecule has 0 saturated carbocycles. The van der Waals surface area contributed by atoms with Gasteiger partial charge in [-0.1, -0.05) is 6.07 Å². The van der Waals surface area contributed by atoms with Crippen LogP contribution in [0.4, 0.5) is 16.0 Å². The lowest BCUT2D eigenvalue weighted by Gasteiger charge is -2.23. The molecule has 0 radical (unpaired) electrons. The number of anilines is 2. The molecular formula is C23H22FN7O. The Morgan fingerprint density at radius 2 is 2.09 bits per heavy atom. The number of rotatable bonds is 4. The number of carbonyl (C=O) groups excluding carboxylic acids is 1. The number of piperidine rings is 1. The molecule has 1 saturated heterocycles. The lowest BCUT2D eigenvalue weighted by molar-refractivity contribution is 0.102. The number of amides is 1. The van der Waals surface area contributed by atoms with Crippen LogP contribution in [-0.2, 0) is 0 Å². The van der Waals surface area contributed by atoms with Gasteiger partial charge in [0.2, 0.25) is 0 Å². The van der Waals surface area contributed by atoms with Crippen molar-refractivity contribution in [1.82, 2.24) is 25.1 Å². The highest BCUT2D eigenvalue weighted by Crippen LogP contribution is 2.35. The summed E-state index contributed by atoms with van der Waals surface area (Å²) in [7, 11) is 0. The van der Waals surface area contributed by atoms with Crippen molar-refractivity contribution in [2.45, 2.75) is 18.9 Å². The van der Waals surface area contributed by atoms with Gasteiger partial charge in [0, 0.05) is 30.1 Å². The standard InChI is InChI=1S/C23H22FN7O/c24-17-12-14(23(32)29-19-5-1-2-10-27-19)6-7-16(17)21-20-18(8-11-28-22(20)25)31(30-21)15-4-3-9-26-13-15/h1-2,5-8,10-12,15,26H,3-4,9,13H2,(H2,25,28)(H,27,29,32). The molecule has 0 aliphatic carbocycles. The number of nitrogen functional groups attached to an aromatic ring is 1. The van der Waals surface area contributed by atoms with Gasteiger partial charge in [-0.05, 0) is 55.8 Å². The lowest BCUT2D eigenvalue weighted by Crippen LogP contribution is -2.32. The van der Waals surface area contributed by atoms with E-state index >= 15 is 4.39 Å². The summed E-state index contributed by atoms with van der Waals surface area (Å²) >= 11 is 0. The van der Waals surface area contributed by atoms with Crippen LogP contribution in [0.25, 0.3) is 22.2 Å². The van der Waals surface area contributed by atoms with Crippen molar-refractivity contribution in [2.24, 2.45) is 0 Å². The zero-order valence-electron chi connectivity index (χ0n) is 17.3. The number of fused-ring (bicyclic) bond motifs is 1. The highest BCUT2D eigenvalue weighted by Gasteiger charge is 2.24. The van der Waals surface area contributed by atoms with Gasteiger partial charge < -0.3 is 16.4 Å². The van der Waals surface area contributed by atoms with E-state index in [0.717, 1.165) is 31.4 Å². The van der Waals surface area contributed by atoms with Crippen LogP contribution in [0.1, 0.15) is 29.2 Å². The fourth-order valence-corrected chi connectivity index (χ4v) is 4.10. The largest absolute Gasteiger partial charge is 0.383 e.